The summed E-state index contributed by atoms with van der Waals surface area (Å²) < 4.78 is 16.3. The zero-order valence-electron chi connectivity index (χ0n) is 24.9. The van der Waals surface area contributed by atoms with Crippen molar-refractivity contribution in [3.8, 4) is 0 Å². The molecule has 0 aliphatic carbocycles. The van der Waals surface area contributed by atoms with Gasteiger partial charge in [-0.05, 0) is 43.5 Å². The summed E-state index contributed by atoms with van der Waals surface area (Å²) in [5.41, 5.74) is 8.24. The van der Waals surface area contributed by atoms with Crippen molar-refractivity contribution in [1.29, 1.82) is 0 Å². The number of carbonyl (C=O) groups is 4. The number of esters is 3. The van der Waals surface area contributed by atoms with E-state index in [2.05, 4.69) is 10.3 Å². The molecule has 0 aliphatic heterocycles. The number of nitrogens with two attached hydrogens (primary N) is 1. The summed E-state index contributed by atoms with van der Waals surface area (Å²) >= 11 is 0. The highest BCUT2D eigenvalue weighted by Gasteiger charge is 2.42. The van der Waals surface area contributed by atoms with Gasteiger partial charge in [0.25, 0.3) is 0 Å². The van der Waals surface area contributed by atoms with Gasteiger partial charge < -0.3 is 30.2 Å². The first kappa shape index (κ1) is 32.0. The molecule has 0 saturated carbocycles. The number of hydrogen-bond acceptors (Lipinski definition) is 8. The molecule has 0 fully saturated rings. The predicted molar refractivity (Wildman–Crippen MR) is 164 cm³/mol. The zero-order valence-corrected chi connectivity index (χ0v) is 24.9. The fourth-order valence-electron chi connectivity index (χ4n) is 4.55. The molecule has 0 spiro atoms. The van der Waals surface area contributed by atoms with Gasteiger partial charge in [0.05, 0.1) is 0 Å². The van der Waals surface area contributed by atoms with Gasteiger partial charge in [0.2, 0.25) is 5.91 Å². The van der Waals surface area contributed by atoms with Crippen molar-refractivity contribution < 1.29 is 33.4 Å². The van der Waals surface area contributed by atoms with Crippen LogP contribution in [0.3, 0.4) is 0 Å². The quantitative estimate of drug-likeness (QED) is 0.126. The highest BCUT2D eigenvalue weighted by atomic mass is 16.6. The maximum absolute atomic E-state index is 13.8. The van der Waals surface area contributed by atoms with Crippen molar-refractivity contribution in [3.05, 3.63) is 108 Å². The highest BCUT2D eigenvalue weighted by molar-refractivity contribution is 6.04. The number of benzene rings is 3. The van der Waals surface area contributed by atoms with Crippen LogP contribution in [0.2, 0.25) is 0 Å². The van der Waals surface area contributed by atoms with E-state index in [0.29, 0.717) is 5.56 Å². The monoisotopic (exact) mass is 599 g/mol. The van der Waals surface area contributed by atoms with Gasteiger partial charge in [0.1, 0.15) is 30.9 Å². The van der Waals surface area contributed by atoms with Gasteiger partial charge in [0.15, 0.2) is 5.92 Å². The lowest BCUT2D eigenvalue weighted by Gasteiger charge is -2.27. The van der Waals surface area contributed by atoms with Crippen molar-refractivity contribution in [1.82, 2.24) is 10.3 Å². The molecule has 3 unspecified atom stereocenters. The molecular weight excluding hydrogens is 562 g/mol. The van der Waals surface area contributed by atoms with Crippen LogP contribution in [0.25, 0.3) is 10.9 Å². The van der Waals surface area contributed by atoms with Gasteiger partial charge >= 0.3 is 17.9 Å². The number of hydrogen-bond donors (Lipinski definition) is 3. The predicted octanol–water partition coefficient (Wildman–Crippen LogP) is 3.97. The molecule has 10 nitrogen and oxygen atoms in total. The number of H-pyrrole nitrogens is 1. The average Bonchev–Trinajstić information content (AvgIpc) is 3.41. The SMILES string of the molecule is CC(C)(C)OC(=O)C(C(=O)NC(Cc1c[nH]c2ccccc12)C(=O)OCc1ccccc1)C(N)C(=O)OCc1ccccc1. The topological polar surface area (TPSA) is 150 Å². The summed E-state index contributed by atoms with van der Waals surface area (Å²) in [6.45, 7) is 4.74. The van der Waals surface area contributed by atoms with E-state index in [1.807, 2.05) is 48.5 Å². The van der Waals surface area contributed by atoms with Gasteiger partial charge in [0, 0.05) is 23.5 Å². The smallest absolute Gasteiger partial charge is 0.329 e. The number of aromatic amines is 1. The first-order chi connectivity index (χ1) is 21.0. The third-order valence-electron chi connectivity index (χ3n) is 6.72. The third-order valence-corrected chi connectivity index (χ3v) is 6.72. The molecule has 44 heavy (non-hydrogen) atoms. The van der Waals surface area contributed by atoms with Gasteiger partial charge in [-0.3, -0.25) is 14.4 Å². The summed E-state index contributed by atoms with van der Waals surface area (Å²) in [6.07, 6.45) is 1.78. The van der Waals surface area contributed by atoms with E-state index in [0.717, 1.165) is 22.0 Å². The molecule has 1 heterocycles. The summed E-state index contributed by atoms with van der Waals surface area (Å²) in [5, 5.41) is 3.47. The number of aromatic nitrogens is 1. The summed E-state index contributed by atoms with van der Waals surface area (Å²) in [5.74, 6) is -5.49. The first-order valence-electron chi connectivity index (χ1n) is 14.3. The van der Waals surface area contributed by atoms with Gasteiger partial charge in [-0.1, -0.05) is 78.9 Å². The summed E-state index contributed by atoms with van der Waals surface area (Å²) in [7, 11) is 0. The highest BCUT2D eigenvalue weighted by Crippen LogP contribution is 2.21. The number of fused-ring (bicyclic) bond motifs is 1. The van der Waals surface area contributed by atoms with E-state index < -0.39 is 47.4 Å². The van der Waals surface area contributed by atoms with Crippen molar-refractivity contribution in [3.63, 3.8) is 0 Å². The number of rotatable bonds is 12. The Morgan fingerprint density at radius 1 is 0.773 bits per heavy atom. The Morgan fingerprint density at radius 2 is 1.32 bits per heavy atom. The van der Waals surface area contributed by atoms with Crippen molar-refractivity contribution in [2.75, 3.05) is 0 Å². The lowest BCUT2D eigenvalue weighted by atomic mass is 9.97. The molecule has 0 saturated heterocycles. The first-order valence-corrected chi connectivity index (χ1v) is 14.3. The maximum Gasteiger partial charge on any atom is 0.329 e. The van der Waals surface area contributed by atoms with Crippen molar-refractivity contribution in [2.45, 2.75) is 58.1 Å². The Bertz CT molecular complexity index is 1580. The average molecular weight is 600 g/mol. The van der Waals surface area contributed by atoms with Crippen LogP contribution in [0.4, 0.5) is 0 Å². The molecule has 3 aromatic carbocycles. The molecular formula is C34H37N3O7. The molecule has 230 valence electrons. The van der Waals surface area contributed by atoms with Crippen LogP contribution in [0.15, 0.2) is 91.1 Å². The number of amides is 1. The van der Waals surface area contributed by atoms with Gasteiger partial charge in [-0.25, -0.2) is 4.79 Å². The molecule has 1 amide bonds. The zero-order chi connectivity index (χ0) is 31.7. The minimum atomic E-state index is -1.80. The summed E-state index contributed by atoms with van der Waals surface area (Å²) in [4.78, 5) is 56.6. The van der Waals surface area contributed by atoms with Crippen LogP contribution >= 0.6 is 0 Å². The van der Waals surface area contributed by atoms with Crippen LogP contribution in [-0.4, -0.2) is 46.5 Å². The standard InChI is InChI=1S/C34H37N3O7/c1-34(2,3)44-32(40)28(29(35)33(41)43-21-23-14-8-5-9-15-23)30(38)37-27(31(39)42-20-22-12-6-4-7-13-22)18-24-19-36-26-17-11-10-16-25(24)26/h4-17,19,27-29,36H,18,20-21,35H2,1-3H3,(H,37,38). The van der Waals surface area contributed by atoms with E-state index >= 15 is 0 Å². The fourth-order valence-corrected chi connectivity index (χ4v) is 4.55. The third kappa shape index (κ3) is 8.78. The fraction of sp³-hybridized carbons (Fsp3) is 0.294. The second-order valence-corrected chi connectivity index (χ2v) is 11.3. The molecule has 3 atom stereocenters. The molecule has 4 N–H and O–H groups in total. The molecule has 0 radical (unpaired) electrons. The van der Waals surface area contributed by atoms with E-state index in [1.54, 1.807) is 63.4 Å². The number of ether oxygens (including phenoxy) is 3. The van der Waals surface area contributed by atoms with E-state index in [4.69, 9.17) is 19.9 Å². The molecule has 0 aliphatic rings. The van der Waals surface area contributed by atoms with Crippen molar-refractivity contribution in [2.24, 2.45) is 11.7 Å². The molecule has 1 aromatic heterocycles. The van der Waals surface area contributed by atoms with Gasteiger partial charge in [-0.15, -0.1) is 0 Å². The minimum absolute atomic E-state index is 0.0270. The van der Waals surface area contributed by atoms with Crippen LogP contribution in [0, 0.1) is 5.92 Å². The number of nitrogens with one attached hydrogen (secondary N) is 2. The lowest BCUT2D eigenvalue weighted by Crippen LogP contribution is -2.55. The summed E-state index contributed by atoms with van der Waals surface area (Å²) in [6, 6.07) is 22.6. The van der Waals surface area contributed by atoms with E-state index in [-0.39, 0.29) is 19.6 Å². The van der Waals surface area contributed by atoms with Gasteiger partial charge in [-0.2, -0.15) is 0 Å². The number of carbonyl (C=O) groups excluding carboxylic acids is 4. The Labute approximate surface area is 255 Å². The van der Waals surface area contributed by atoms with Crippen molar-refractivity contribution >= 4 is 34.7 Å². The second kappa shape index (κ2) is 14.5. The Morgan fingerprint density at radius 3 is 1.91 bits per heavy atom. The maximum atomic E-state index is 13.8. The van der Waals surface area contributed by atoms with Crippen LogP contribution < -0.4 is 11.1 Å². The molecule has 4 aromatic rings. The minimum Gasteiger partial charge on any atom is -0.460 e. The second-order valence-electron chi connectivity index (χ2n) is 11.3. The molecule has 4 rings (SSSR count). The Kier molecular flexibility index (Phi) is 10.5. The Balaban J connectivity index is 1.57. The van der Waals surface area contributed by atoms with Crippen LogP contribution in [-0.2, 0) is 53.0 Å². The molecule has 10 heteroatoms. The van der Waals surface area contributed by atoms with E-state index in [9.17, 15) is 19.2 Å². The largest absolute Gasteiger partial charge is 0.460 e. The molecule has 0 bridgehead atoms. The lowest BCUT2D eigenvalue weighted by molar-refractivity contribution is -0.168. The normalized spacial score (nSPS) is 13.4. The van der Waals surface area contributed by atoms with E-state index in [1.165, 1.54) is 0 Å². The number of para-hydroxylation sites is 1. The van der Waals surface area contributed by atoms with Crippen LogP contribution in [0.5, 0.6) is 0 Å². The Hall–Kier alpha value is -4.96. The van der Waals surface area contributed by atoms with Crippen LogP contribution in [0.1, 0.15) is 37.5 Å².